The lowest BCUT2D eigenvalue weighted by Gasteiger charge is -2.27. The topological polar surface area (TPSA) is 28.4 Å². The summed E-state index contributed by atoms with van der Waals surface area (Å²) in [7, 11) is 0. The summed E-state index contributed by atoms with van der Waals surface area (Å²) in [6, 6.07) is 8.52. The van der Waals surface area contributed by atoms with Crippen LogP contribution in [0.5, 0.6) is 0 Å². The molecule has 3 heteroatoms. The van der Waals surface area contributed by atoms with Crippen molar-refractivity contribution in [3.63, 3.8) is 0 Å². The first-order valence-electron chi connectivity index (χ1n) is 6.31. The van der Waals surface area contributed by atoms with Gasteiger partial charge in [-0.25, -0.2) is 0 Å². The van der Waals surface area contributed by atoms with Crippen LogP contribution in [0, 0.1) is 0 Å². The Hall–Kier alpha value is -1.32. The molecule has 1 aliphatic rings. The highest BCUT2D eigenvalue weighted by Crippen LogP contribution is 2.17. The van der Waals surface area contributed by atoms with Gasteiger partial charge < -0.3 is 14.6 Å². The quantitative estimate of drug-likeness (QED) is 0.872. The van der Waals surface area contributed by atoms with Crippen molar-refractivity contribution in [1.29, 1.82) is 0 Å². The molecule has 0 unspecified atom stereocenters. The van der Waals surface area contributed by atoms with Gasteiger partial charge in [0.15, 0.2) is 0 Å². The third-order valence-corrected chi connectivity index (χ3v) is 3.44. The van der Waals surface area contributed by atoms with Crippen molar-refractivity contribution in [3.8, 4) is 0 Å². The van der Waals surface area contributed by atoms with Crippen LogP contribution in [0.2, 0.25) is 0 Å². The Morgan fingerprint density at radius 2 is 2.06 bits per heavy atom. The summed E-state index contributed by atoms with van der Waals surface area (Å²) in [6.07, 6.45) is 2.88. The van der Waals surface area contributed by atoms with Crippen LogP contribution in [0.25, 0.3) is 11.0 Å². The molecule has 0 saturated carbocycles. The SMILES string of the molecule is c1cc2cc(CCN3CCNCC3)ccc2o1. The molecule has 1 aromatic carbocycles. The molecule has 1 N–H and O–H groups in total. The minimum atomic E-state index is 0.982. The van der Waals surface area contributed by atoms with Gasteiger partial charge in [-0.1, -0.05) is 6.07 Å². The minimum Gasteiger partial charge on any atom is -0.464 e. The molecule has 1 aliphatic heterocycles. The third kappa shape index (κ3) is 2.51. The number of furan rings is 1. The van der Waals surface area contributed by atoms with E-state index in [1.807, 2.05) is 6.07 Å². The molecule has 3 rings (SSSR count). The summed E-state index contributed by atoms with van der Waals surface area (Å²) < 4.78 is 5.35. The molecule has 0 bridgehead atoms. The third-order valence-electron chi connectivity index (χ3n) is 3.44. The highest BCUT2D eigenvalue weighted by Gasteiger charge is 2.09. The van der Waals surface area contributed by atoms with Crippen LogP contribution in [-0.4, -0.2) is 37.6 Å². The van der Waals surface area contributed by atoms with Crippen molar-refractivity contribution in [2.24, 2.45) is 0 Å². The number of benzene rings is 1. The van der Waals surface area contributed by atoms with Crippen LogP contribution in [0.15, 0.2) is 34.9 Å². The average molecular weight is 230 g/mol. The molecule has 90 valence electrons. The van der Waals surface area contributed by atoms with E-state index in [0.29, 0.717) is 0 Å². The Morgan fingerprint density at radius 3 is 2.94 bits per heavy atom. The van der Waals surface area contributed by atoms with Crippen molar-refractivity contribution >= 4 is 11.0 Å². The van der Waals surface area contributed by atoms with Crippen molar-refractivity contribution in [1.82, 2.24) is 10.2 Å². The Morgan fingerprint density at radius 1 is 1.18 bits per heavy atom. The summed E-state index contributed by atoms with van der Waals surface area (Å²) in [6.45, 7) is 5.76. The number of hydrogen-bond acceptors (Lipinski definition) is 3. The largest absolute Gasteiger partial charge is 0.464 e. The predicted molar refractivity (Wildman–Crippen MR) is 69.2 cm³/mol. The van der Waals surface area contributed by atoms with Crippen LogP contribution >= 0.6 is 0 Å². The van der Waals surface area contributed by atoms with E-state index in [1.165, 1.54) is 24.0 Å². The lowest BCUT2D eigenvalue weighted by Crippen LogP contribution is -2.44. The monoisotopic (exact) mass is 230 g/mol. The van der Waals surface area contributed by atoms with Gasteiger partial charge in [0.1, 0.15) is 5.58 Å². The van der Waals surface area contributed by atoms with Crippen molar-refractivity contribution in [3.05, 3.63) is 36.1 Å². The zero-order valence-electron chi connectivity index (χ0n) is 9.98. The maximum absolute atomic E-state index is 5.35. The highest BCUT2D eigenvalue weighted by molar-refractivity contribution is 5.77. The standard InChI is InChI=1S/C14H18N2O/c1-2-14-13(4-10-17-14)11-12(1)3-7-16-8-5-15-6-9-16/h1-2,4,10-11,15H,3,5-9H2. The molecule has 0 aliphatic carbocycles. The molecule has 0 atom stereocenters. The molecule has 1 aromatic heterocycles. The van der Waals surface area contributed by atoms with E-state index in [-0.39, 0.29) is 0 Å². The van der Waals surface area contributed by atoms with E-state index >= 15 is 0 Å². The predicted octanol–water partition coefficient (Wildman–Crippen LogP) is 1.88. The van der Waals surface area contributed by atoms with Crippen LogP contribution in [0.4, 0.5) is 0 Å². The van der Waals surface area contributed by atoms with E-state index in [0.717, 1.165) is 31.6 Å². The van der Waals surface area contributed by atoms with E-state index < -0.39 is 0 Å². The fourth-order valence-electron chi connectivity index (χ4n) is 2.39. The second-order valence-electron chi connectivity index (χ2n) is 4.63. The molecule has 1 fully saturated rings. The molecule has 0 radical (unpaired) electrons. The number of nitrogens with zero attached hydrogens (tertiary/aromatic N) is 1. The van der Waals surface area contributed by atoms with Crippen molar-refractivity contribution in [2.75, 3.05) is 32.7 Å². The van der Waals surface area contributed by atoms with E-state index in [4.69, 9.17) is 4.42 Å². The second-order valence-corrected chi connectivity index (χ2v) is 4.63. The van der Waals surface area contributed by atoms with Crippen molar-refractivity contribution < 1.29 is 4.42 Å². The smallest absolute Gasteiger partial charge is 0.133 e. The van der Waals surface area contributed by atoms with Crippen molar-refractivity contribution in [2.45, 2.75) is 6.42 Å². The number of fused-ring (bicyclic) bond motifs is 1. The first-order valence-corrected chi connectivity index (χ1v) is 6.31. The summed E-state index contributed by atoms with van der Waals surface area (Å²) in [5.41, 5.74) is 2.38. The Bertz CT molecular complexity index is 486. The minimum absolute atomic E-state index is 0.982. The molecule has 3 nitrogen and oxygen atoms in total. The van der Waals surface area contributed by atoms with Gasteiger partial charge in [0.25, 0.3) is 0 Å². The molecule has 1 saturated heterocycles. The average Bonchev–Trinajstić information content (AvgIpc) is 2.85. The Labute approximate surface area is 101 Å². The van der Waals surface area contributed by atoms with E-state index in [1.54, 1.807) is 6.26 Å². The van der Waals surface area contributed by atoms with Gasteiger partial charge in [0.2, 0.25) is 0 Å². The van der Waals surface area contributed by atoms with Crippen LogP contribution in [-0.2, 0) is 6.42 Å². The second kappa shape index (κ2) is 4.90. The van der Waals surface area contributed by atoms with Gasteiger partial charge in [-0.3, -0.25) is 0 Å². The van der Waals surface area contributed by atoms with Gasteiger partial charge in [0.05, 0.1) is 6.26 Å². The summed E-state index contributed by atoms with van der Waals surface area (Å²) in [4.78, 5) is 2.52. The molecule has 2 aromatic rings. The highest BCUT2D eigenvalue weighted by atomic mass is 16.3. The van der Waals surface area contributed by atoms with E-state index in [9.17, 15) is 0 Å². The van der Waals surface area contributed by atoms with Gasteiger partial charge in [-0.2, -0.15) is 0 Å². The van der Waals surface area contributed by atoms with Gasteiger partial charge in [0, 0.05) is 38.1 Å². The molecular weight excluding hydrogens is 212 g/mol. The maximum atomic E-state index is 5.35. The summed E-state index contributed by atoms with van der Waals surface area (Å²) in [5.74, 6) is 0. The van der Waals surface area contributed by atoms with Gasteiger partial charge in [-0.15, -0.1) is 0 Å². The van der Waals surface area contributed by atoms with E-state index in [2.05, 4.69) is 28.4 Å². The molecule has 2 heterocycles. The van der Waals surface area contributed by atoms with Gasteiger partial charge >= 0.3 is 0 Å². The lowest BCUT2D eigenvalue weighted by atomic mass is 10.1. The summed E-state index contributed by atoms with van der Waals surface area (Å²) in [5, 5.41) is 4.59. The first-order chi connectivity index (χ1) is 8.42. The molecule has 0 amide bonds. The molecular formula is C14H18N2O. The van der Waals surface area contributed by atoms with Crippen LogP contribution < -0.4 is 5.32 Å². The van der Waals surface area contributed by atoms with Crippen LogP contribution in [0.3, 0.4) is 0 Å². The molecule has 17 heavy (non-hydrogen) atoms. The van der Waals surface area contributed by atoms with Crippen LogP contribution in [0.1, 0.15) is 5.56 Å². The lowest BCUT2D eigenvalue weighted by molar-refractivity contribution is 0.244. The number of nitrogens with one attached hydrogen (secondary N) is 1. The van der Waals surface area contributed by atoms with Gasteiger partial charge in [-0.05, 0) is 30.2 Å². The molecule has 0 spiro atoms. The number of hydrogen-bond donors (Lipinski definition) is 1. The normalized spacial score (nSPS) is 17.6. The Balaban J connectivity index is 1.63. The Kier molecular flexibility index (Phi) is 3.12. The maximum Gasteiger partial charge on any atom is 0.133 e. The fraction of sp³-hybridized carbons (Fsp3) is 0.429. The zero-order chi connectivity index (χ0) is 11.5. The fourth-order valence-corrected chi connectivity index (χ4v) is 2.39. The number of rotatable bonds is 3. The zero-order valence-corrected chi connectivity index (χ0v) is 9.98. The first kappa shape index (κ1) is 10.8. The summed E-state index contributed by atoms with van der Waals surface area (Å²) >= 11 is 0. The number of piperazine rings is 1.